The molecule has 0 amide bonds. The lowest BCUT2D eigenvalue weighted by atomic mass is 9.92. The standard InChI is InChI=1S/C13H26N2/c1-3-11-8-13(10-15(2)9-11)14-12-6-4-5-7-12/h11-14H,3-10H2,1-2H3. The molecule has 2 unspecified atom stereocenters. The van der Waals surface area contributed by atoms with Crippen LogP contribution in [0, 0.1) is 5.92 Å². The number of hydrogen-bond donors (Lipinski definition) is 1. The van der Waals surface area contributed by atoms with Gasteiger partial charge in [0, 0.05) is 25.2 Å². The number of rotatable bonds is 3. The van der Waals surface area contributed by atoms with Crippen LogP contribution in [0.25, 0.3) is 0 Å². The Kier molecular flexibility index (Phi) is 4.04. The summed E-state index contributed by atoms with van der Waals surface area (Å²) in [4.78, 5) is 2.50. The van der Waals surface area contributed by atoms with Crippen LogP contribution in [-0.4, -0.2) is 37.1 Å². The zero-order chi connectivity index (χ0) is 10.7. The normalized spacial score (nSPS) is 34.8. The van der Waals surface area contributed by atoms with Crippen molar-refractivity contribution >= 4 is 0 Å². The minimum Gasteiger partial charge on any atom is -0.310 e. The van der Waals surface area contributed by atoms with Crippen molar-refractivity contribution in [3.63, 3.8) is 0 Å². The Balaban J connectivity index is 1.80. The summed E-state index contributed by atoms with van der Waals surface area (Å²) < 4.78 is 0. The van der Waals surface area contributed by atoms with Gasteiger partial charge in [0.15, 0.2) is 0 Å². The van der Waals surface area contributed by atoms with Crippen LogP contribution in [0.3, 0.4) is 0 Å². The number of hydrogen-bond acceptors (Lipinski definition) is 2. The summed E-state index contributed by atoms with van der Waals surface area (Å²) in [6, 6.07) is 1.59. The quantitative estimate of drug-likeness (QED) is 0.768. The maximum Gasteiger partial charge on any atom is 0.0200 e. The molecule has 1 saturated carbocycles. The third kappa shape index (κ3) is 3.18. The van der Waals surface area contributed by atoms with Crippen LogP contribution in [0.1, 0.15) is 45.4 Å². The molecule has 1 aliphatic heterocycles. The highest BCUT2D eigenvalue weighted by atomic mass is 15.1. The summed E-state index contributed by atoms with van der Waals surface area (Å²) in [6.45, 7) is 4.89. The second-order valence-electron chi connectivity index (χ2n) is 5.58. The highest BCUT2D eigenvalue weighted by molar-refractivity contribution is 4.85. The average molecular weight is 210 g/mol. The Morgan fingerprint density at radius 2 is 1.87 bits per heavy atom. The van der Waals surface area contributed by atoms with Crippen molar-refractivity contribution in [3.05, 3.63) is 0 Å². The van der Waals surface area contributed by atoms with Gasteiger partial charge in [-0.3, -0.25) is 0 Å². The van der Waals surface area contributed by atoms with Crippen LogP contribution >= 0.6 is 0 Å². The maximum absolute atomic E-state index is 3.87. The second kappa shape index (κ2) is 5.31. The molecule has 1 heterocycles. The average Bonchev–Trinajstić information content (AvgIpc) is 2.69. The van der Waals surface area contributed by atoms with Crippen LogP contribution < -0.4 is 5.32 Å². The number of piperidine rings is 1. The van der Waals surface area contributed by atoms with Crippen molar-refractivity contribution in [3.8, 4) is 0 Å². The predicted octanol–water partition coefficient (Wildman–Crippen LogP) is 2.25. The third-order valence-electron chi connectivity index (χ3n) is 4.12. The molecule has 2 heteroatoms. The van der Waals surface area contributed by atoms with E-state index in [0.717, 1.165) is 18.0 Å². The summed E-state index contributed by atoms with van der Waals surface area (Å²) in [5.74, 6) is 0.919. The fraction of sp³-hybridized carbons (Fsp3) is 1.00. The van der Waals surface area contributed by atoms with E-state index < -0.39 is 0 Å². The highest BCUT2D eigenvalue weighted by Crippen LogP contribution is 2.23. The number of nitrogens with zero attached hydrogens (tertiary/aromatic N) is 1. The van der Waals surface area contributed by atoms with Crippen molar-refractivity contribution in [1.82, 2.24) is 10.2 Å². The Labute approximate surface area is 94.4 Å². The van der Waals surface area contributed by atoms with Gasteiger partial charge in [0.25, 0.3) is 0 Å². The molecule has 2 atom stereocenters. The molecule has 88 valence electrons. The largest absolute Gasteiger partial charge is 0.310 e. The zero-order valence-corrected chi connectivity index (χ0v) is 10.3. The third-order valence-corrected chi connectivity index (χ3v) is 4.12. The van der Waals surface area contributed by atoms with Crippen LogP contribution in [0.2, 0.25) is 0 Å². The SMILES string of the molecule is CCC1CC(NC2CCCC2)CN(C)C1. The van der Waals surface area contributed by atoms with Gasteiger partial charge in [0.1, 0.15) is 0 Å². The first-order valence-corrected chi connectivity index (χ1v) is 6.72. The first-order valence-electron chi connectivity index (χ1n) is 6.72. The number of nitrogens with one attached hydrogen (secondary N) is 1. The minimum absolute atomic E-state index is 0.761. The van der Waals surface area contributed by atoms with Crippen molar-refractivity contribution in [2.45, 2.75) is 57.5 Å². The molecule has 1 aliphatic carbocycles. The van der Waals surface area contributed by atoms with Gasteiger partial charge in [-0.25, -0.2) is 0 Å². The lowest BCUT2D eigenvalue weighted by Gasteiger charge is -2.37. The molecule has 0 radical (unpaired) electrons. The molecule has 1 saturated heterocycles. The van der Waals surface area contributed by atoms with Crippen LogP contribution in [0.15, 0.2) is 0 Å². The molecule has 0 aromatic heterocycles. The van der Waals surface area contributed by atoms with Crippen molar-refractivity contribution in [1.29, 1.82) is 0 Å². The predicted molar refractivity (Wildman–Crippen MR) is 65.1 cm³/mol. The van der Waals surface area contributed by atoms with Gasteiger partial charge in [0.05, 0.1) is 0 Å². The molecule has 0 aromatic rings. The Bertz CT molecular complexity index is 187. The molecular formula is C13H26N2. The molecule has 2 nitrogen and oxygen atoms in total. The van der Waals surface area contributed by atoms with E-state index >= 15 is 0 Å². The van der Waals surface area contributed by atoms with Crippen LogP contribution in [0.4, 0.5) is 0 Å². The molecule has 1 N–H and O–H groups in total. The maximum atomic E-state index is 3.87. The smallest absolute Gasteiger partial charge is 0.0200 e. The molecule has 2 rings (SSSR count). The van der Waals surface area contributed by atoms with E-state index in [2.05, 4.69) is 24.2 Å². The molecule has 2 aliphatic rings. The first-order chi connectivity index (χ1) is 7.28. The highest BCUT2D eigenvalue weighted by Gasteiger charge is 2.26. The van der Waals surface area contributed by atoms with E-state index in [0.29, 0.717) is 0 Å². The molecule has 0 aromatic carbocycles. The second-order valence-corrected chi connectivity index (χ2v) is 5.58. The monoisotopic (exact) mass is 210 g/mol. The molecule has 2 fully saturated rings. The van der Waals surface area contributed by atoms with Crippen molar-refractivity contribution in [2.75, 3.05) is 20.1 Å². The number of likely N-dealkylation sites (tertiary alicyclic amines) is 1. The zero-order valence-electron chi connectivity index (χ0n) is 10.3. The fourth-order valence-corrected chi connectivity index (χ4v) is 3.29. The van der Waals surface area contributed by atoms with Gasteiger partial charge >= 0.3 is 0 Å². The lowest BCUT2D eigenvalue weighted by molar-refractivity contribution is 0.159. The molecule has 0 spiro atoms. The summed E-state index contributed by atoms with van der Waals surface area (Å²) >= 11 is 0. The summed E-state index contributed by atoms with van der Waals surface area (Å²) in [7, 11) is 2.27. The Morgan fingerprint density at radius 3 is 2.53 bits per heavy atom. The summed E-state index contributed by atoms with van der Waals surface area (Å²) in [5, 5.41) is 3.87. The van der Waals surface area contributed by atoms with Crippen LogP contribution in [-0.2, 0) is 0 Å². The summed E-state index contributed by atoms with van der Waals surface area (Å²) in [5.41, 5.74) is 0. The summed E-state index contributed by atoms with van der Waals surface area (Å²) in [6.07, 6.45) is 8.45. The molecule has 0 bridgehead atoms. The minimum atomic E-state index is 0.761. The first kappa shape index (κ1) is 11.4. The van der Waals surface area contributed by atoms with Gasteiger partial charge < -0.3 is 10.2 Å². The van der Waals surface area contributed by atoms with Gasteiger partial charge in [-0.1, -0.05) is 26.2 Å². The van der Waals surface area contributed by atoms with E-state index in [-0.39, 0.29) is 0 Å². The molecular weight excluding hydrogens is 184 g/mol. The van der Waals surface area contributed by atoms with E-state index in [1.807, 2.05) is 0 Å². The Morgan fingerprint density at radius 1 is 1.13 bits per heavy atom. The fourth-order valence-electron chi connectivity index (χ4n) is 3.29. The number of likely N-dealkylation sites (N-methyl/N-ethyl adjacent to an activating group) is 1. The van der Waals surface area contributed by atoms with Gasteiger partial charge in [0.2, 0.25) is 0 Å². The van der Waals surface area contributed by atoms with Crippen molar-refractivity contribution in [2.24, 2.45) is 5.92 Å². The Hall–Kier alpha value is -0.0800. The molecule has 15 heavy (non-hydrogen) atoms. The topological polar surface area (TPSA) is 15.3 Å². The van der Waals surface area contributed by atoms with Gasteiger partial charge in [-0.2, -0.15) is 0 Å². The van der Waals surface area contributed by atoms with Gasteiger partial charge in [-0.15, -0.1) is 0 Å². The van der Waals surface area contributed by atoms with Crippen LogP contribution in [0.5, 0.6) is 0 Å². The van der Waals surface area contributed by atoms with Crippen molar-refractivity contribution < 1.29 is 0 Å². The van der Waals surface area contributed by atoms with E-state index in [9.17, 15) is 0 Å². The van der Waals surface area contributed by atoms with E-state index in [1.54, 1.807) is 0 Å². The van der Waals surface area contributed by atoms with Gasteiger partial charge in [-0.05, 0) is 32.2 Å². The van der Waals surface area contributed by atoms with E-state index in [1.165, 1.54) is 51.6 Å². The van der Waals surface area contributed by atoms with E-state index in [4.69, 9.17) is 0 Å². The lowest BCUT2D eigenvalue weighted by Crippen LogP contribution is -2.50.